The van der Waals surface area contributed by atoms with E-state index in [1.54, 1.807) is 7.11 Å². The summed E-state index contributed by atoms with van der Waals surface area (Å²) in [6, 6.07) is 0. The van der Waals surface area contributed by atoms with Gasteiger partial charge in [0.25, 0.3) is 0 Å². The second-order valence-corrected chi connectivity index (χ2v) is 7.24. The minimum Gasteiger partial charge on any atom is -0.370 e. The Labute approximate surface area is 127 Å². The average molecular weight is 381 g/mol. The van der Waals surface area contributed by atoms with Gasteiger partial charge >= 0.3 is 0 Å². The monoisotopic (exact) mass is 380 g/mol. The summed E-state index contributed by atoms with van der Waals surface area (Å²) >= 11 is 8.47. The van der Waals surface area contributed by atoms with E-state index >= 15 is 0 Å². The third-order valence-corrected chi connectivity index (χ3v) is 5.09. The maximum atomic E-state index is 6.25. The van der Waals surface area contributed by atoms with E-state index in [1.807, 2.05) is 0 Å². The maximum Gasteiger partial charge on any atom is 0.162 e. The predicted molar refractivity (Wildman–Crippen MR) is 81.0 cm³/mol. The summed E-state index contributed by atoms with van der Waals surface area (Å²) in [4.78, 5) is 9.18. The van der Waals surface area contributed by atoms with Gasteiger partial charge in [-0.1, -0.05) is 32.4 Å². The highest BCUT2D eigenvalue weighted by atomic mass is 127. The lowest BCUT2D eigenvalue weighted by Crippen LogP contribution is -2.39. The van der Waals surface area contributed by atoms with Crippen LogP contribution >= 0.6 is 34.2 Å². The topological polar surface area (TPSA) is 35.0 Å². The number of methoxy groups -OCH3 is 1. The fraction of sp³-hybridized carbons (Fsp3) is 0.692. The number of nitrogens with zero attached hydrogens (tertiary/aromatic N) is 2. The summed E-state index contributed by atoms with van der Waals surface area (Å²) in [5, 5.41) is 0.536. The highest BCUT2D eigenvalue weighted by Crippen LogP contribution is 2.44. The molecule has 1 aliphatic rings. The minimum absolute atomic E-state index is 0.0451. The van der Waals surface area contributed by atoms with Crippen LogP contribution in [0.25, 0.3) is 0 Å². The second-order valence-electron chi connectivity index (χ2n) is 5.80. The maximum absolute atomic E-state index is 6.25. The molecule has 1 heterocycles. The van der Waals surface area contributed by atoms with Crippen LogP contribution in [0.5, 0.6) is 0 Å². The van der Waals surface area contributed by atoms with E-state index < -0.39 is 0 Å². The van der Waals surface area contributed by atoms with Crippen LogP contribution in [-0.4, -0.2) is 17.1 Å². The molecule has 1 fully saturated rings. The molecular formula is C13H18ClIN2O. The summed E-state index contributed by atoms with van der Waals surface area (Å²) in [6.07, 6.45) is 3.11. The number of rotatable bonds is 2. The Hall–Kier alpha value is 0.0600. The van der Waals surface area contributed by atoms with Gasteiger partial charge in [-0.05, 0) is 41.9 Å². The van der Waals surface area contributed by atoms with Crippen molar-refractivity contribution in [2.75, 3.05) is 7.11 Å². The summed E-state index contributed by atoms with van der Waals surface area (Å²) in [5.41, 5.74) is 0.645. The van der Waals surface area contributed by atoms with Crippen molar-refractivity contribution in [3.63, 3.8) is 0 Å². The van der Waals surface area contributed by atoms with Crippen LogP contribution < -0.4 is 0 Å². The van der Waals surface area contributed by atoms with E-state index in [1.165, 1.54) is 0 Å². The van der Waals surface area contributed by atoms with Crippen molar-refractivity contribution in [1.29, 1.82) is 0 Å². The summed E-state index contributed by atoms with van der Waals surface area (Å²) < 4.78 is 6.58. The Morgan fingerprint density at radius 3 is 2.28 bits per heavy atom. The van der Waals surface area contributed by atoms with Crippen LogP contribution in [-0.2, 0) is 15.8 Å². The molecule has 0 radical (unpaired) electrons. The molecule has 0 aromatic carbocycles. The SMILES string of the molecule is COC1(c2nc(Cl)c(I)c(C(C)(C)C)n2)CCC1. The molecule has 5 heteroatoms. The van der Waals surface area contributed by atoms with Crippen LogP contribution in [0.1, 0.15) is 51.6 Å². The molecule has 18 heavy (non-hydrogen) atoms. The standard InChI is InChI=1S/C13H18ClIN2O/c1-12(2,3)9-8(15)10(14)17-11(16-9)13(18-4)6-5-7-13/h5-7H2,1-4H3. The first-order valence-corrected chi connectivity index (χ1v) is 7.55. The van der Waals surface area contributed by atoms with Crippen molar-refractivity contribution in [2.24, 2.45) is 0 Å². The van der Waals surface area contributed by atoms with Crippen LogP contribution in [0, 0.1) is 3.57 Å². The Morgan fingerprint density at radius 1 is 1.28 bits per heavy atom. The molecule has 0 atom stereocenters. The molecule has 0 unspecified atom stereocenters. The van der Waals surface area contributed by atoms with Gasteiger partial charge in [-0.25, -0.2) is 9.97 Å². The number of aromatic nitrogens is 2. The molecule has 1 aromatic heterocycles. The van der Waals surface area contributed by atoms with Gasteiger partial charge < -0.3 is 4.74 Å². The van der Waals surface area contributed by atoms with Crippen molar-refractivity contribution in [1.82, 2.24) is 9.97 Å². The van der Waals surface area contributed by atoms with E-state index in [0.29, 0.717) is 5.15 Å². The minimum atomic E-state index is -0.312. The molecular weight excluding hydrogens is 363 g/mol. The van der Waals surface area contributed by atoms with Crippen molar-refractivity contribution in [3.8, 4) is 0 Å². The Kier molecular flexibility index (Phi) is 3.91. The molecule has 1 aliphatic carbocycles. The van der Waals surface area contributed by atoms with Crippen LogP contribution in [0.15, 0.2) is 0 Å². The van der Waals surface area contributed by atoms with Crippen molar-refractivity contribution < 1.29 is 4.74 Å². The van der Waals surface area contributed by atoms with Gasteiger partial charge in [-0.15, -0.1) is 0 Å². The highest BCUT2D eigenvalue weighted by Gasteiger charge is 2.42. The zero-order valence-corrected chi connectivity index (χ0v) is 14.1. The van der Waals surface area contributed by atoms with E-state index in [0.717, 1.165) is 34.4 Å². The van der Waals surface area contributed by atoms with Crippen LogP contribution in [0.4, 0.5) is 0 Å². The quantitative estimate of drug-likeness (QED) is 0.573. The molecule has 0 bridgehead atoms. The molecule has 1 saturated carbocycles. The summed E-state index contributed by atoms with van der Waals surface area (Å²) in [5.74, 6) is 0.742. The smallest absolute Gasteiger partial charge is 0.162 e. The average Bonchev–Trinajstić information content (AvgIpc) is 2.20. The lowest BCUT2D eigenvalue weighted by Gasteiger charge is -2.39. The first-order valence-electron chi connectivity index (χ1n) is 6.09. The zero-order chi connectivity index (χ0) is 13.6. The number of ether oxygens (including phenoxy) is 1. The molecule has 1 aromatic rings. The lowest BCUT2D eigenvalue weighted by molar-refractivity contribution is -0.0849. The third-order valence-electron chi connectivity index (χ3n) is 3.48. The largest absolute Gasteiger partial charge is 0.370 e. The van der Waals surface area contributed by atoms with Crippen LogP contribution in [0.3, 0.4) is 0 Å². The first-order chi connectivity index (χ1) is 8.30. The van der Waals surface area contributed by atoms with Crippen molar-refractivity contribution in [2.45, 2.75) is 51.0 Å². The molecule has 2 rings (SSSR count). The summed E-state index contributed by atoms with van der Waals surface area (Å²) in [7, 11) is 1.73. The van der Waals surface area contributed by atoms with Gasteiger partial charge in [0.15, 0.2) is 5.82 Å². The summed E-state index contributed by atoms with van der Waals surface area (Å²) in [6.45, 7) is 6.41. The zero-order valence-electron chi connectivity index (χ0n) is 11.2. The third kappa shape index (κ3) is 2.39. The molecule has 0 N–H and O–H groups in total. The molecule has 0 aliphatic heterocycles. The van der Waals surface area contributed by atoms with Crippen molar-refractivity contribution >= 4 is 34.2 Å². The van der Waals surface area contributed by atoms with Gasteiger partial charge in [0, 0.05) is 12.5 Å². The lowest BCUT2D eigenvalue weighted by atomic mass is 9.79. The molecule has 100 valence electrons. The second kappa shape index (κ2) is 4.87. The van der Waals surface area contributed by atoms with Gasteiger partial charge in [-0.3, -0.25) is 0 Å². The van der Waals surface area contributed by atoms with E-state index in [9.17, 15) is 0 Å². The highest BCUT2D eigenvalue weighted by molar-refractivity contribution is 14.1. The predicted octanol–water partition coefficient (Wildman–Crippen LogP) is 4.06. The normalized spacial score (nSPS) is 18.6. The number of hydrogen-bond donors (Lipinski definition) is 0. The van der Waals surface area contributed by atoms with E-state index in [2.05, 4.69) is 48.3 Å². The molecule has 0 amide bonds. The van der Waals surface area contributed by atoms with Crippen LogP contribution in [0.2, 0.25) is 5.15 Å². The fourth-order valence-electron chi connectivity index (χ4n) is 2.14. The van der Waals surface area contributed by atoms with Gasteiger partial charge in [0.05, 0.1) is 9.26 Å². The molecule has 3 nitrogen and oxygen atoms in total. The Bertz CT molecular complexity index is 461. The first kappa shape index (κ1) is 14.5. The Balaban J connectivity index is 2.54. The molecule has 0 spiro atoms. The Morgan fingerprint density at radius 2 is 1.89 bits per heavy atom. The number of hydrogen-bond acceptors (Lipinski definition) is 3. The molecule has 0 saturated heterocycles. The van der Waals surface area contributed by atoms with Gasteiger partial charge in [-0.2, -0.15) is 0 Å². The van der Waals surface area contributed by atoms with Gasteiger partial charge in [0.2, 0.25) is 0 Å². The van der Waals surface area contributed by atoms with E-state index in [4.69, 9.17) is 21.3 Å². The fourth-order valence-corrected chi connectivity index (χ4v) is 3.36. The van der Waals surface area contributed by atoms with Gasteiger partial charge in [0.1, 0.15) is 10.8 Å². The van der Waals surface area contributed by atoms with E-state index in [-0.39, 0.29) is 11.0 Å². The number of halogens is 2. The van der Waals surface area contributed by atoms with Crippen molar-refractivity contribution in [3.05, 3.63) is 20.2 Å².